The summed E-state index contributed by atoms with van der Waals surface area (Å²) in [6.45, 7) is 5.62. The van der Waals surface area contributed by atoms with Crippen molar-refractivity contribution in [2.45, 2.75) is 40.0 Å². The van der Waals surface area contributed by atoms with Gasteiger partial charge in [-0.2, -0.15) is 0 Å². The van der Waals surface area contributed by atoms with Gasteiger partial charge < -0.3 is 15.4 Å². The minimum absolute atomic E-state index is 0.0163. The maximum atomic E-state index is 12.5. The molecule has 0 bridgehead atoms. The summed E-state index contributed by atoms with van der Waals surface area (Å²) in [7, 11) is 0. The largest absolute Gasteiger partial charge is 0.476 e. The van der Waals surface area contributed by atoms with Crippen LogP contribution in [0, 0.1) is 6.92 Å². The molecule has 2 rings (SSSR count). The van der Waals surface area contributed by atoms with E-state index in [4.69, 9.17) is 5.11 Å². The van der Waals surface area contributed by atoms with Crippen LogP contribution < -0.4 is 5.32 Å². The minimum atomic E-state index is -1.06. The molecule has 8 heteroatoms. The molecule has 0 spiro atoms. The third kappa shape index (κ3) is 4.33. The first-order valence-electron chi connectivity index (χ1n) is 8.03. The number of aryl methyl sites for hydroxylation is 1. The van der Waals surface area contributed by atoms with E-state index in [0.29, 0.717) is 41.3 Å². The molecule has 0 aliphatic heterocycles. The number of carbonyl (C=O) groups excluding carboxylic acids is 2. The predicted molar refractivity (Wildman–Crippen MR) is 94.6 cm³/mol. The van der Waals surface area contributed by atoms with Crippen molar-refractivity contribution in [2.24, 2.45) is 0 Å². The Kier molecular flexibility index (Phi) is 6.08. The first-order valence-corrected chi connectivity index (χ1v) is 8.91. The van der Waals surface area contributed by atoms with Gasteiger partial charge in [0, 0.05) is 29.6 Å². The number of hydrogen-bond acceptors (Lipinski definition) is 5. The molecule has 2 heterocycles. The van der Waals surface area contributed by atoms with E-state index >= 15 is 0 Å². The van der Waals surface area contributed by atoms with E-state index in [0.717, 1.165) is 12.0 Å². The standard InChI is InChI=1S/C17H21N3O4S/c1-4-5-11-14(10(3)21)9(2)19-15(11)16(22)18-7-6-13-20-12(8-25-13)17(23)24/h8,19H,4-7H2,1-3H3,(H,18,22)(H,23,24). The summed E-state index contributed by atoms with van der Waals surface area (Å²) in [6, 6.07) is 0. The number of aromatic carboxylic acids is 1. The lowest BCUT2D eigenvalue weighted by Crippen LogP contribution is -2.27. The Morgan fingerprint density at radius 1 is 1.32 bits per heavy atom. The van der Waals surface area contributed by atoms with Crippen LogP contribution in [-0.4, -0.2) is 39.3 Å². The van der Waals surface area contributed by atoms with Crippen LogP contribution >= 0.6 is 11.3 Å². The second-order valence-electron chi connectivity index (χ2n) is 5.72. The zero-order valence-corrected chi connectivity index (χ0v) is 15.2. The number of H-pyrrole nitrogens is 1. The number of aromatic amines is 1. The summed E-state index contributed by atoms with van der Waals surface area (Å²) in [5.74, 6) is -1.39. The molecule has 0 saturated carbocycles. The van der Waals surface area contributed by atoms with E-state index in [-0.39, 0.29) is 17.4 Å². The molecule has 0 saturated heterocycles. The lowest BCUT2D eigenvalue weighted by atomic mass is 10.0. The van der Waals surface area contributed by atoms with Crippen molar-refractivity contribution in [3.63, 3.8) is 0 Å². The summed E-state index contributed by atoms with van der Waals surface area (Å²) < 4.78 is 0. The summed E-state index contributed by atoms with van der Waals surface area (Å²) in [6.07, 6.45) is 1.93. The molecule has 0 unspecified atom stereocenters. The maximum absolute atomic E-state index is 12.5. The van der Waals surface area contributed by atoms with Gasteiger partial charge in [0.2, 0.25) is 0 Å². The van der Waals surface area contributed by atoms with E-state index in [1.807, 2.05) is 6.92 Å². The van der Waals surface area contributed by atoms with Crippen LogP contribution in [0.3, 0.4) is 0 Å². The van der Waals surface area contributed by atoms with Crippen molar-refractivity contribution in [3.05, 3.63) is 38.6 Å². The van der Waals surface area contributed by atoms with Gasteiger partial charge in [-0.25, -0.2) is 9.78 Å². The van der Waals surface area contributed by atoms with Crippen LogP contribution in [0.15, 0.2) is 5.38 Å². The number of ketones is 1. The average molecular weight is 363 g/mol. The number of rotatable bonds is 8. The number of nitrogens with zero attached hydrogens (tertiary/aromatic N) is 1. The van der Waals surface area contributed by atoms with Crippen LogP contribution in [0.1, 0.15) is 67.9 Å². The number of nitrogens with one attached hydrogen (secondary N) is 2. The predicted octanol–water partition coefficient (Wildman–Crippen LogP) is 2.61. The molecule has 0 radical (unpaired) electrons. The number of aromatic nitrogens is 2. The molecule has 0 atom stereocenters. The summed E-state index contributed by atoms with van der Waals surface area (Å²) >= 11 is 1.25. The zero-order valence-electron chi connectivity index (χ0n) is 14.4. The Hall–Kier alpha value is -2.48. The second-order valence-corrected chi connectivity index (χ2v) is 6.66. The Morgan fingerprint density at radius 2 is 2.04 bits per heavy atom. The molecule has 3 N–H and O–H groups in total. The molecule has 2 aromatic rings. The highest BCUT2D eigenvalue weighted by molar-refractivity contribution is 7.09. The monoisotopic (exact) mass is 363 g/mol. The first-order chi connectivity index (χ1) is 11.8. The first kappa shape index (κ1) is 18.9. The number of carboxylic acids is 1. The third-order valence-electron chi connectivity index (χ3n) is 3.77. The number of amides is 1. The molecule has 0 fully saturated rings. The Labute approximate surface area is 149 Å². The van der Waals surface area contributed by atoms with E-state index < -0.39 is 5.97 Å². The fraction of sp³-hybridized carbons (Fsp3) is 0.412. The van der Waals surface area contributed by atoms with Crippen LogP contribution in [-0.2, 0) is 12.8 Å². The van der Waals surface area contributed by atoms with Crippen LogP contribution in [0.2, 0.25) is 0 Å². The van der Waals surface area contributed by atoms with Crippen molar-refractivity contribution < 1.29 is 19.5 Å². The smallest absolute Gasteiger partial charge is 0.355 e. The normalized spacial score (nSPS) is 10.7. The average Bonchev–Trinajstić information content (AvgIpc) is 3.12. The van der Waals surface area contributed by atoms with Gasteiger partial charge in [-0.1, -0.05) is 13.3 Å². The minimum Gasteiger partial charge on any atom is -0.476 e. The number of thiazole rings is 1. The van der Waals surface area contributed by atoms with Crippen LogP contribution in [0.4, 0.5) is 0 Å². The highest BCUT2D eigenvalue weighted by Crippen LogP contribution is 2.21. The van der Waals surface area contributed by atoms with Crippen LogP contribution in [0.25, 0.3) is 0 Å². The molecular weight excluding hydrogens is 342 g/mol. The van der Waals surface area contributed by atoms with Crippen molar-refractivity contribution in [1.29, 1.82) is 0 Å². The van der Waals surface area contributed by atoms with E-state index in [1.54, 1.807) is 6.92 Å². The van der Waals surface area contributed by atoms with Crippen molar-refractivity contribution in [2.75, 3.05) is 6.54 Å². The van der Waals surface area contributed by atoms with Gasteiger partial charge in [0.1, 0.15) is 5.69 Å². The molecule has 0 aliphatic carbocycles. The van der Waals surface area contributed by atoms with Crippen molar-refractivity contribution in [1.82, 2.24) is 15.3 Å². The molecule has 1 amide bonds. The van der Waals surface area contributed by atoms with Crippen LogP contribution in [0.5, 0.6) is 0 Å². The van der Waals surface area contributed by atoms with Gasteiger partial charge in [-0.15, -0.1) is 11.3 Å². The van der Waals surface area contributed by atoms with Crippen molar-refractivity contribution >= 4 is 29.0 Å². The van der Waals surface area contributed by atoms with E-state index in [9.17, 15) is 14.4 Å². The van der Waals surface area contributed by atoms with Gasteiger partial charge in [0.25, 0.3) is 5.91 Å². The number of hydrogen-bond donors (Lipinski definition) is 3. The van der Waals surface area contributed by atoms with Gasteiger partial charge in [-0.3, -0.25) is 9.59 Å². The summed E-state index contributed by atoms with van der Waals surface area (Å²) in [5.41, 5.74) is 2.50. The Bertz CT molecular complexity index is 807. The number of carboxylic acid groups (broad SMARTS) is 1. The number of carbonyl (C=O) groups is 3. The number of Topliss-reactive ketones (excluding diaryl/α,β-unsaturated/α-hetero) is 1. The topological polar surface area (TPSA) is 112 Å². The zero-order chi connectivity index (χ0) is 18.6. The Morgan fingerprint density at radius 3 is 2.60 bits per heavy atom. The fourth-order valence-corrected chi connectivity index (χ4v) is 3.51. The highest BCUT2D eigenvalue weighted by Gasteiger charge is 2.22. The van der Waals surface area contributed by atoms with Gasteiger partial charge in [-0.05, 0) is 25.8 Å². The van der Waals surface area contributed by atoms with Gasteiger partial charge >= 0.3 is 5.97 Å². The van der Waals surface area contributed by atoms with Crippen molar-refractivity contribution in [3.8, 4) is 0 Å². The lowest BCUT2D eigenvalue weighted by Gasteiger charge is -2.06. The van der Waals surface area contributed by atoms with E-state index in [1.165, 1.54) is 23.6 Å². The lowest BCUT2D eigenvalue weighted by molar-refractivity contribution is 0.0690. The molecule has 0 aromatic carbocycles. The van der Waals surface area contributed by atoms with E-state index in [2.05, 4.69) is 15.3 Å². The SMILES string of the molecule is CCCc1c(C(=O)NCCc2nc(C(=O)O)cs2)[nH]c(C)c1C(C)=O. The molecule has 7 nitrogen and oxygen atoms in total. The summed E-state index contributed by atoms with van der Waals surface area (Å²) in [5, 5.41) is 13.8. The third-order valence-corrected chi connectivity index (χ3v) is 4.67. The fourth-order valence-electron chi connectivity index (χ4n) is 2.74. The molecule has 25 heavy (non-hydrogen) atoms. The maximum Gasteiger partial charge on any atom is 0.355 e. The highest BCUT2D eigenvalue weighted by atomic mass is 32.1. The molecule has 0 aliphatic rings. The molecular formula is C17H21N3O4S. The van der Waals surface area contributed by atoms with Gasteiger partial charge in [0.15, 0.2) is 11.5 Å². The molecule has 134 valence electrons. The molecule has 2 aromatic heterocycles. The van der Waals surface area contributed by atoms with Gasteiger partial charge in [0.05, 0.1) is 5.01 Å². The Balaban J connectivity index is 2.06. The summed E-state index contributed by atoms with van der Waals surface area (Å²) in [4.78, 5) is 42.1. The quantitative estimate of drug-likeness (QED) is 0.624. The second kappa shape index (κ2) is 8.06.